The summed E-state index contributed by atoms with van der Waals surface area (Å²) in [5.41, 5.74) is 19.4. The fourth-order valence-electron chi connectivity index (χ4n) is 16.0. The van der Waals surface area contributed by atoms with Gasteiger partial charge in [-0.15, -0.1) is 22.7 Å². The molecule has 0 unspecified atom stereocenters. The summed E-state index contributed by atoms with van der Waals surface area (Å²) in [7, 11) is 0. The lowest BCUT2D eigenvalue weighted by Gasteiger charge is -2.10. The number of nitrogens with zero attached hydrogens (tertiary/aromatic N) is 4. The predicted molar refractivity (Wildman–Crippen MR) is 422 cm³/mol. The Morgan fingerprint density at radius 1 is 0.153 bits per heavy atom. The molecule has 0 N–H and O–H groups in total. The van der Waals surface area contributed by atoms with Crippen molar-refractivity contribution in [2.45, 2.75) is 0 Å². The molecule has 4 nitrogen and oxygen atoms in total. The minimum absolute atomic E-state index is 1.18. The number of fused-ring (bicyclic) bond motifs is 20. The highest BCUT2D eigenvalue weighted by Gasteiger charge is 2.22. The summed E-state index contributed by atoms with van der Waals surface area (Å²) in [5, 5.41) is 20.5. The van der Waals surface area contributed by atoms with Gasteiger partial charge in [0.05, 0.1) is 44.1 Å². The van der Waals surface area contributed by atoms with Gasteiger partial charge < -0.3 is 18.3 Å². The molecule has 0 aliphatic carbocycles. The molecule has 0 saturated carbocycles. The van der Waals surface area contributed by atoms with E-state index in [1.54, 1.807) is 0 Å². The van der Waals surface area contributed by atoms with Crippen molar-refractivity contribution in [3.8, 4) is 45.0 Å². The zero-order valence-corrected chi connectivity index (χ0v) is 54.6. The van der Waals surface area contributed by atoms with Crippen LogP contribution in [0.15, 0.2) is 340 Å². The van der Waals surface area contributed by atoms with Crippen LogP contribution in [0.5, 0.6) is 0 Å². The van der Waals surface area contributed by atoms with E-state index >= 15 is 0 Å². The fourth-order valence-corrected chi connectivity index (χ4v) is 18.3. The number of para-hydroxylation sites is 4. The second-order valence-electron chi connectivity index (χ2n) is 26.0. The van der Waals surface area contributed by atoms with E-state index in [9.17, 15) is 0 Å². The van der Waals surface area contributed by atoms with Crippen molar-refractivity contribution in [3.63, 3.8) is 0 Å². The summed E-state index contributed by atoms with van der Waals surface area (Å²) in [6.45, 7) is 0. The van der Waals surface area contributed by atoms with Crippen LogP contribution in [0.3, 0.4) is 0 Å². The molecule has 0 spiro atoms. The Bertz CT molecular complexity index is 7040. The second-order valence-corrected chi connectivity index (χ2v) is 28.1. The van der Waals surface area contributed by atoms with Crippen LogP contribution < -0.4 is 0 Å². The second kappa shape index (κ2) is 21.6. The van der Waals surface area contributed by atoms with Crippen molar-refractivity contribution in [1.82, 2.24) is 18.3 Å². The number of rotatable bonds is 6. The Morgan fingerprint density at radius 2 is 0.480 bits per heavy atom. The van der Waals surface area contributed by atoms with Gasteiger partial charge in [0.1, 0.15) is 0 Å². The largest absolute Gasteiger partial charge is 0.309 e. The number of aromatic nitrogens is 4. The summed E-state index contributed by atoms with van der Waals surface area (Å²) < 4.78 is 15.0. The Balaban J connectivity index is 0.000000129. The van der Waals surface area contributed by atoms with E-state index in [-0.39, 0.29) is 0 Å². The molecule has 0 aliphatic rings. The van der Waals surface area contributed by atoms with Crippen LogP contribution in [0.4, 0.5) is 0 Å². The molecular weight excluding hydrogens is 1230 g/mol. The topological polar surface area (TPSA) is 19.7 Å². The average molecular weight is 1280 g/mol. The molecule has 16 aromatic carbocycles. The first-order chi connectivity index (χ1) is 48.6. The lowest BCUT2D eigenvalue weighted by molar-refractivity contribution is 1.18. The summed E-state index contributed by atoms with van der Waals surface area (Å²) in [6, 6.07) is 125. The highest BCUT2D eigenvalue weighted by molar-refractivity contribution is 7.26. The summed E-state index contributed by atoms with van der Waals surface area (Å²) >= 11 is 3.76. The quantitative estimate of drug-likeness (QED) is 0.158. The van der Waals surface area contributed by atoms with Gasteiger partial charge in [0.15, 0.2) is 0 Å². The Hall–Kier alpha value is -12.3. The molecule has 0 fully saturated rings. The normalized spacial score (nSPS) is 12.1. The number of hydrogen-bond acceptors (Lipinski definition) is 2. The van der Waals surface area contributed by atoms with Crippen molar-refractivity contribution < 1.29 is 0 Å². The fraction of sp³-hybridized carbons (Fsp3) is 0. The van der Waals surface area contributed by atoms with Crippen molar-refractivity contribution >= 4 is 172 Å². The van der Waals surface area contributed by atoms with Crippen LogP contribution in [-0.2, 0) is 0 Å². The lowest BCUT2D eigenvalue weighted by Crippen LogP contribution is -1.94. The Kier molecular flexibility index (Phi) is 12.1. The van der Waals surface area contributed by atoms with E-state index < -0.39 is 0 Å². The van der Waals surface area contributed by atoms with Gasteiger partial charge in [0.2, 0.25) is 0 Å². The van der Waals surface area contributed by atoms with E-state index in [1.165, 1.54) is 194 Å². The SMILES string of the molecule is c1ccc(-n2c3ccc(-c4ccc5c(c4)c4ccccc4n5-c4ccc5ccccc5c4)cc3c3cc4c(cc32)sc2ccccc24)cc1.c1ccc(-n2c3ccc(-c4ccc5c(c4)c4ccccc4n5-c4ccc5ccccc5c4)cc3c3cc4sc5ccccc5c4cc32)cc1. The Morgan fingerprint density at radius 3 is 0.949 bits per heavy atom. The maximum absolute atomic E-state index is 2.43. The van der Waals surface area contributed by atoms with Crippen LogP contribution in [0.25, 0.3) is 194 Å². The molecule has 6 aromatic heterocycles. The first kappa shape index (κ1) is 55.0. The van der Waals surface area contributed by atoms with Gasteiger partial charge in [-0.2, -0.15) is 0 Å². The minimum Gasteiger partial charge on any atom is -0.309 e. The molecule has 0 saturated heterocycles. The van der Waals surface area contributed by atoms with Gasteiger partial charge >= 0.3 is 0 Å². The third-order valence-corrected chi connectivity index (χ3v) is 22.8. The molecule has 0 aliphatic heterocycles. The third-order valence-electron chi connectivity index (χ3n) is 20.6. The summed E-state index contributed by atoms with van der Waals surface area (Å²) in [6.07, 6.45) is 0. The molecular formula is C92H56N4S2. The molecule has 0 bridgehead atoms. The van der Waals surface area contributed by atoms with Crippen molar-refractivity contribution in [2.24, 2.45) is 0 Å². The van der Waals surface area contributed by atoms with E-state index in [1.807, 2.05) is 22.7 Å². The maximum Gasteiger partial charge on any atom is 0.0555 e. The maximum atomic E-state index is 2.43. The van der Waals surface area contributed by atoms with Crippen LogP contribution in [-0.4, -0.2) is 18.3 Å². The highest BCUT2D eigenvalue weighted by Crippen LogP contribution is 2.46. The molecule has 22 rings (SSSR count). The molecule has 456 valence electrons. The predicted octanol–water partition coefficient (Wildman–Crippen LogP) is 26.1. The van der Waals surface area contributed by atoms with Crippen molar-refractivity contribution in [1.29, 1.82) is 0 Å². The average Bonchev–Trinajstić information content (AvgIpc) is 1.58. The molecule has 0 atom stereocenters. The number of benzene rings is 16. The van der Waals surface area contributed by atoms with Crippen molar-refractivity contribution in [2.75, 3.05) is 0 Å². The first-order valence-electron chi connectivity index (χ1n) is 33.5. The Labute approximate surface area is 570 Å². The lowest BCUT2D eigenvalue weighted by atomic mass is 10.00. The summed E-state index contributed by atoms with van der Waals surface area (Å²) in [4.78, 5) is 0. The van der Waals surface area contributed by atoms with E-state index in [4.69, 9.17) is 0 Å². The molecule has 0 amide bonds. The first-order valence-corrected chi connectivity index (χ1v) is 35.2. The van der Waals surface area contributed by atoms with E-state index in [2.05, 4.69) is 358 Å². The van der Waals surface area contributed by atoms with Crippen LogP contribution in [0.2, 0.25) is 0 Å². The zero-order chi connectivity index (χ0) is 64.1. The monoisotopic (exact) mass is 1280 g/mol. The third kappa shape index (κ3) is 8.48. The van der Waals surface area contributed by atoms with E-state index in [0.717, 1.165) is 0 Å². The van der Waals surface area contributed by atoms with Gasteiger partial charge in [-0.3, -0.25) is 0 Å². The molecule has 6 heterocycles. The van der Waals surface area contributed by atoms with Gasteiger partial charge in [0.25, 0.3) is 0 Å². The smallest absolute Gasteiger partial charge is 0.0555 e. The molecule has 98 heavy (non-hydrogen) atoms. The van der Waals surface area contributed by atoms with E-state index in [0.29, 0.717) is 0 Å². The van der Waals surface area contributed by atoms with Crippen molar-refractivity contribution in [3.05, 3.63) is 340 Å². The number of thiophene rings is 2. The van der Waals surface area contributed by atoms with Crippen LogP contribution in [0, 0.1) is 0 Å². The van der Waals surface area contributed by atoms with Gasteiger partial charge in [0, 0.05) is 106 Å². The highest BCUT2D eigenvalue weighted by atomic mass is 32.1. The standard InChI is InChI=1S/2C46H28N2S/c1-2-12-33(13-3-1)47-43-23-20-32(26-38(43)39-28-46-40(27-44(39)47)36-15-7-9-17-45(36)49-46)31-19-22-42-37(25-31)35-14-6-8-16-41(35)48(42)34-21-18-29-10-4-5-11-30(29)24-34;1-2-12-33(13-3-1)47-43-23-20-32(26-38(43)39-27-40-36-15-7-9-17-45(36)49-46(40)28-44(39)47)31-19-22-42-37(25-31)35-14-6-8-16-41(35)48(42)34-21-18-29-10-4-5-11-30(29)24-34/h2*1-28H. The van der Waals surface area contributed by atoms with Crippen LogP contribution >= 0.6 is 22.7 Å². The van der Waals surface area contributed by atoms with Gasteiger partial charge in [-0.25, -0.2) is 0 Å². The zero-order valence-electron chi connectivity index (χ0n) is 52.9. The summed E-state index contributed by atoms with van der Waals surface area (Å²) in [5.74, 6) is 0. The molecule has 22 aromatic rings. The van der Waals surface area contributed by atoms with Gasteiger partial charge in [-0.1, -0.05) is 194 Å². The minimum atomic E-state index is 1.18. The molecule has 6 heteroatoms. The molecule has 0 radical (unpaired) electrons. The van der Waals surface area contributed by atoms with Gasteiger partial charge in [-0.05, 0) is 189 Å². The number of hydrogen-bond donors (Lipinski definition) is 0. The van der Waals surface area contributed by atoms with Crippen LogP contribution in [0.1, 0.15) is 0 Å².